The van der Waals surface area contributed by atoms with E-state index in [-0.39, 0.29) is 5.04 Å². The molecule has 0 aliphatic heterocycles. The van der Waals surface area contributed by atoms with E-state index in [1.807, 2.05) is 24.0 Å². The third-order valence-corrected chi connectivity index (χ3v) is 8.25. The zero-order valence-electron chi connectivity index (χ0n) is 12.6. The summed E-state index contributed by atoms with van der Waals surface area (Å²) < 4.78 is 8.05. The van der Waals surface area contributed by atoms with Crippen LogP contribution in [0.1, 0.15) is 33.3 Å². The first-order valence-electron chi connectivity index (χ1n) is 6.46. The third-order valence-electron chi connectivity index (χ3n) is 3.72. The molecule has 1 rings (SSSR count). The second-order valence-electron chi connectivity index (χ2n) is 6.38. The first kappa shape index (κ1) is 15.2. The van der Waals surface area contributed by atoms with Crippen LogP contribution in [-0.4, -0.2) is 24.7 Å². The normalized spacial score (nSPS) is 12.8. The Morgan fingerprint density at radius 3 is 2.50 bits per heavy atom. The zero-order valence-corrected chi connectivity index (χ0v) is 13.6. The van der Waals surface area contributed by atoms with Crippen molar-refractivity contribution in [2.45, 2.75) is 52.4 Å². The van der Waals surface area contributed by atoms with Crippen LogP contribution >= 0.6 is 0 Å². The van der Waals surface area contributed by atoms with Crippen LogP contribution in [0, 0.1) is 0 Å². The summed E-state index contributed by atoms with van der Waals surface area (Å²) >= 11 is 0. The van der Waals surface area contributed by atoms with Crippen LogP contribution in [0.4, 0.5) is 0 Å². The molecule has 0 aliphatic carbocycles. The highest BCUT2D eigenvalue weighted by Crippen LogP contribution is 2.36. The zero-order chi connectivity index (χ0) is 14.0. The van der Waals surface area contributed by atoms with Crippen LogP contribution in [0.25, 0.3) is 5.57 Å². The van der Waals surface area contributed by atoms with Crippen molar-refractivity contribution < 1.29 is 4.43 Å². The van der Waals surface area contributed by atoms with E-state index in [4.69, 9.17) is 4.43 Å². The molecule has 0 unspecified atom stereocenters. The van der Waals surface area contributed by atoms with Crippen LogP contribution in [0.2, 0.25) is 18.1 Å². The summed E-state index contributed by atoms with van der Waals surface area (Å²) in [5.74, 6) is 0. The molecule has 0 atom stereocenters. The maximum Gasteiger partial charge on any atom is 0.192 e. The minimum absolute atomic E-state index is 0.264. The molecule has 0 spiro atoms. The molecule has 18 heavy (non-hydrogen) atoms. The summed E-state index contributed by atoms with van der Waals surface area (Å²) in [6.07, 6.45) is 3.88. The van der Waals surface area contributed by atoms with Crippen molar-refractivity contribution in [1.29, 1.82) is 0 Å². The van der Waals surface area contributed by atoms with Gasteiger partial charge in [0.1, 0.15) is 0 Å². The number of allylic oxidation sites excluding steroid dienone is 1. The van der Waals surface area contributed by atoms with Gasteiger partial charge < -0.3 is 4.43 Å². The molecule has 1 aromatic heterocycles. The van der Waals surface area contributed by atoms with Crippen molar-refractivity contribution in [2.24, 2.45) is 0 Å². The molecule has 0 N–H and O–H groups in total. The minimum atomic E-state index is -1.63. The van der Waals surface area contributed by atoms with Gasteiger partial charge in [-0.15, -0.1) is 0 Å². The largest absolute Gasteiger partial charge is 0.415 e. The van der Waals surface area contributed by atoms with Gasteiger partial charge in [0.2, 0.25) is 0 Å². The van der Waals surface area contributed by atoms with Gasteiger partial charge in [-0.25, -0.2) is 0 Å². The molecule has 4 heteroatoms. The first-order valence-corrected chi connectivity index (χ1v) is 9.36. The Labute approximate surface area is 112 Å². The molecular formula is C14H26N2OSi. The molecule has 0 bridgehead atoms. The van der Waals surface area contributed by atoms with Crippen LogP contribution in [0.3, 0.4) is 0 Å². The van der Waals surface area contributed by atoms with E-state index in [0.717, 1.165) is 24.3 Å². The van der Waals surface area contributed by atoms with Gasteiger partial charge in [-0.3, -0.25) is 4.68 Å². The lowest BCUT2D eigenvalue weighted by Gasteiger charge is -2.36. The van der Waals surface area contributed by atoms with E-state index < -0.39 is 8.32 Å². The molecule has 102 valence electrons. The Kier molecular flexibility index (Phi) is 4.56. The molecule has 0 aromatic carbocycles. The number of hydrogen-bond donors (Lipinski definition) is 0. The van der Waals surface area contributed by atoms with E-state index in [9.17, 15) is 0 Å². The Morgan fingerprint density at radius 1 is 1.44 bits per heavy atom. The molecule has 0 saturated heterocycles. The van der Waals surface area contributed by atoms with Gasteiger partial charge in [-0.1, -0.05) is 27.4 Å². The molecule has 0 fully saturated rings. The molecule has 0 radical (unpaired) electrons. The highest BCUT2D eigenvalue weighted by molar-refractivity contribution is 6.74. The summed E-state index contributed by atoms with van der Waals surface area (Å²) in [5.41, 5.74) is 2.15. The lowest BCUT2D eigenvalue weighted by Crippen LogP contribution is -2.41. The summed E-state index contributed by atoms with van der Waals surface area (Å²) in [7, 11) is -1.63. The van der Waals surface area contributed by atoms with E-state index in [1.165, 1.54) is 0 Å². The second kappa shape index (κ2) is 5.41. The highest BCUT2D eigenvalue weighted by atomic mass is 28.4. The van der Waals surface area contributed by atoms with Gasteiger partial charge in [-0.05, 0) is 30.6 Å². The molecule has 3 nitrogen and oxygen atoms in total. The number of aromatic nitrogens is 2. The molecule has 0 saturated carbocycles. The standard InChI is InChI=1S/C14H26N2OSi/c1-12(2)13-10-15-16(11-13)8-9-17-18(6,7)14(3,4)5/h10-11H,1,8-9H2,2-7H3. The molecule has 0 amide bonds. The molecule has 1 heterocycles. The predicted molar refractivity (Wildman–Crippen MR) is 80.1 cm³/mol. The van der Waals surface area contributed by atoms with Crippen LogP contribution in [0.5, 0.6) is 0 Å². The fourth-order valence-electron chi connectivity index (χ4n) is 1.32. The van der Waals surface area contributed by atoms with E-state index >= 15 is 0 Å². The van der Waals surface area contributed by atoms with E-state index in [2.05, 4.69) is 45.5 Å². The molecule has 0 aliphatic rings. The third kappa shape index (κ3) is 3.82. The van der Waals surface area contributed by atoms with E-state index in [1.54, 1.807) is 0 Å². The van der Waals surface area contributed by atoms with Crippen molar-refractivity contribution in [3.8, 4) is 0 Å². The lowest BCUT2D eigenvalue weighted by atomic mass is 10.2. The fourth-order valence-corrected chi connectivity index (χ4v) is 2.35. The van der Waals surface area contributed by atoms with Crippen LogP contribution in [-0.2, 0) is 11.0 Å². The maximum absolute atomic E-state index is 6.12. The second-order valence-corrected chi connectivity index (χ2v) is 11.2. The summed E-state index contributed by atoms with van der Waals surface area (Å²) in [4.78, 5) is 0. The van der Waals surface area contributed by atoms with Crippen LogP contribution < -0.4 is 0 Å². The molecular weight excluding hydrogens is 240 g/mol. The van der Waals surface area contributed by atoms with Crippen molar-refractivity contribution in [2.75, 3.05) is 6.61 Å². The average Bonchev–Trinajstić information content (AvgIpc) is 2.64. The fraction of sp³-hybridized carbons (Fsp3) is 0.643. The molecule has 1 aromatic rings. The van der Waals surface area contributed by atoms with Crippen molar-refractivity contribution in [3.05, 3.63) is 24.5 Å². The number of nitrogens with zero attached hydrogens (tertiary/aromatic N) is 2. The minimum Gasteiger partial charge on any atom is -0.415 e. The monoisotopic (exact) mass is 266 g/mol. The van der Waals surface area contributed by atoms with Gasteiger partial charge in [-0.2, -0.15) is 5.10 Å². The Bertz CT molecular complexity index is 416. The summed E-state index contributed by atoms with van der Waals surface area (Å²) in [6.45, 7) is 18.8. The first-order chi connectivity index (χ1) is 8.13. The quantitative estimate of drug-likeness (QED) is 0.755. The SMILES string of the molecule is C=C(C)c1cnn(CCO[Si](C)(C)C(C)(C)C)c1. The lowest BCUT2D eigenvalue weighted by molar-refractivity contribution is 0.266. The number of hydrogen-bond acceptors (Lipinski definition) is 2. The summed E-state index contributed by atoms with van der Waals surface area (Å²) in [5, 5.41) is 4.57. The average molecular weight is 266 g/mol. The van der Waals surface area contributed by atoms with Crippen molar-refractivity contribution in [3.63, 3.8) is 0 Å². The van der Waals surface area contributed by atoms with Gasteiger partial charge in [0.05, 0.1) is 19.3 Å². The highest BCUT2D eigenvalue weighted by Gasteiger charge is 2.36. The Balaban J connectivity index is 2.49. The smallest absolute Gasteiger partial charge is 0.192 e. The number of rotatable bonds is 5. The van der Waals surface area contributed by atoms with Crippen molar-refractivity contribution in [1.82, 2.24) is 9.78 Å². The van der Waals surface area contributed by atoms with Crippen LogP contribution in [0.15, 0.2) is 19.0 Å². The van der Waals surface area contributed by atoms with Gasteiger partial charge in [0, 0.05) is 11.8 Å². The van der Waals surface area contributed by atoms with E-state index in [0.29, 0.717) is 0 Å². The van der Waals surface area contributed by atoms with Gasteiger partial charge >= 0.3 is 0 Å². The Hall–Kier alpha value is -0.873. The Morgan fingerprint density at radius 2 is 2.06 bits per heavy atom. The summed E-state index contributed by atoms with van der Waals surface area (Å²) in [6, 6.07) is 0. The van der Waals surface area contributed by atoms with Crippen molar-refractivity contribution >= 4 is 13.9 Å². The topological polar surface area (TPSA) is 27.1 Å². The van der Waals surface area contributed by atoms with Gasteiger partial charge in [0.15, 0.2) is 8.32 Å². The maximum atomic E-state index is 6.12. The van der Waals surface area contributed by atoms with Gasteiger partial charge in [0.25, 0.3) is 0 Å². The predicted octanol–water partition coefficient (Wildman–Crippen LogP) is 3.94.